The minimum Gasteiger partial charge on any atom is -0.349 e. The van der Waals surface area contributed by atoms with Crippen molar-refractivity contribution in [2.45, 2.75) is 52.0 Å². The highest BCUT2D eigenvalue weighted by atomic mass is 32.1. The summed E-state index contributed by atoms with van der Waals surface area (Å²) in [4.78, 5) is 14.1. The first-order valence-electron chi connectivity index (χ1n) is 8.61. The summed E-state index contributed by atoms with van der Waals surface area (Å²) < 4.78 is 0. The molecule has 1 aromatic carbocycles. The zero-order chi connectivity index (χ0) is 16.2. The van der Waals surface area contributed by atoms with Crippen molar-refractivity contribution in [2.75, 3.05) is 0 Å². The van der Waals surface area contributed by atoms with Crippen LogP contribution < -0.4 is 5.32 Å². The van der Waals surface area contributed by atoms with E-state index < -0.39 is 0 Å². The average molecular weight is 327 g/mol. The molecule has 23 heavy (non-hydrogen) atoms. The van der Waals surface area contributed by atoms with Crippen LogP contribution in [0.2, 0.25) is 0 Å². The van der Waals surface area contributed by atoms with Gasteiger partial charge >= 0.3 is 0 Å². The smallest absolute Gasteiger partial charge is 0.252 e. The molecular weight excluding hydrogens is 302 g/mol. The molecule has 0 spiro atoms. The summed E-state index contributed by atoms with van der Waals surface area (Å²) in [5.74, 6) is 0.860. The standard InChI is InChI=1S/C20H25NOS/c1-3-16(12-15-7-5-4-6-8-15)21-20(22)18-13-23-19-11-14(2)9-10-17(18)19/h4-8,13-14,16H,3,9-12H2,1-2H3,(H,21,22)/t14-,16-/m0/s1. The van der Waals surface area contributed by atoms with Crippen LogP contribution in [0.15, 0.2) is 35.7 Å². The van der Waals surface area contributed by atoms with Crippen molar-refractivity contribution in [3.63, 3.8) is 0 Å². The molecule has 0 saturated carbocycles. The Bertz CT molecular complexity index is 662. The number of hydrogen-bond donors (Lipinski definition) is 1. The second kappa shape index (κ2) is 7.31. The molecule has 2 aromatic rings. The third-order valence-electron chi connectivity index (χ3n) is 4.80. The van der Waals surface area contributed by atoms with Crippen molar-refractivity contribution in [3.05, 3.63) is 57.3 Å². The normalized spacial score (nSPS) is 18.3. The molecule has 0 saturated heterocycles. The quantitative estimate of drug-likeness (QED) is 0.853. The van der Waals surface area contributed by atoms with Crippen LogP contribution in [0.1, 0.15) is 53.1 Å². The summed E-state index contributed by atoms with van der Waals surface area (Å²) >= 11 is 1.76. The molecule has 1 aliphatic rings. The highest BCUT2D eigenvalue weighted by Gasteiger charge is 2.24. The Labute approximate surface area is 142 Å². The molecule has 2 nitrogen and oxygen atoms in total. The first-order valence-corrected chi connectivity index (χ1v) is 9.49. The minimum atomic E-state index is 0.111. The Hall–Kier alpha value is -1.61. The van der Waals surface area contributed by atoms with Crippen LogP contribution in [-0.2, 0) is 19.3 Å². The lowest BCUT2D eigenvalue weighted by Crippen LogP contribution is -2.36. The molecule has 3 heteroatoms. The number of hydrogen-bond acceptors (Lipinski definition) is 2. The van der Waals surface area contributed by atoms with Gasteiger partial charge in [-0.25, -0.2) is 0 Å². The van der Waals surface area contributed by atoms with Crippen LogP contribution >= 0.6 is 11.3 Å². The molecule has 1 N–H and O–H groups in total. The van der Waals surface area contributed by atoms with E-state index >= 15 is 0 Å². The molecule has 1 aromatic heterocycles. The summed E-state index contributed by atoms with van der Waals surface area (Å²) in [6.45, 7) is 4.44. The average Bonchev–Trinajstić information content (AvgIpc) is 2.98. The number of carbonyl (C=O) groups is 1. The van der Waals surface area contributed by atoms with Gasteiger partial charge < -0.3 is 5.32 Å². The van der Waals surface area contributed by atoms with Gasteiger partial charge in [0.2, 0.25) is 0 Å². The van der Waals surface area contributed by atoms with Crippen LogP contribution in [-0.4, -0.2) is 11.9 Å². The third-order valence-corrected chi connectivity index (χ3v) is 5.85. The summed E-state index contributed by atoms with van der Waals surface area (Å²) in [6.07, 6.45) is 5.23. The Morgan fingerprint density at radius 1 is 1.35 bits per heavy atom. The Morgan fingerprint density at radius 2 is 2.13 bits per heavy atom. The van der Waals surface area contributed by atoms with Crippen LogP contribution in [0, 0.1) is 5.92 Å². The van der Waals surface area contributed by atoms with E-state index in [9.17, 15) is 4.79 Å². The number of thiophene rings is 1. The maximum Gasteiger partial charge on any atom is 0.252 e. The van der Waals surface area contributed by atoms with Gasteiger partial charge in [-0.1, -0.05) is 44.2 Å². The molecule has 0 aliphatic heterocycles. The molecule has 122 valence electrons. The predicted octanol–water partition coefficient (Wildman–Crippen LogP) is 4.62. The zero-order valence-corrected chi connectivity index (χ0v) is 14.8. The molecule has 2 atom stereocenters. The SMILES string of the molecule is CC[C@@H](Cc1ccccc1)NC(=O)c1csc2c1CC[C@H](C)C2. The Kier molecular flexibility index (Phi) is 5.16. The summed E-state index contributed by atoms with van der Waals surface area (Å²) in [7, 11) is 0. The van der Waals surface area contributed by atoms with Crippen LogP contribution in [0.25, 0.3) is 0 Å². The van der Waals surface area contributed by atoms with E-state index in [1.165, 1.54) is 22.4 Å². The molecule has 0 radical (unpaired) electrons. The van der Waals surface area contributed by atoms with E-state index in [0.29, 0.717) is 0 Å². The summed E-state index contributed by atoms with van der Waals surface area (Å²) in [5, 5.41) is 5.31. The van der Waals surface area contributed by atoms with Gasteiger partial charge in [-0.2, -0.15) is 0 Å². The second-order valence-electron chi connectivity index (χ2n) is 6.67. The predicted molar refractivity (Wildman–Crippen MR) is 97.2 cm³/mol. The van der Waals surface area contributed by atoms with Gasteiger partial charge in [-0.15, -0.1) is 11.3 Å². The van der Waals surface area contributed by atoms with Gasteiger partial charge in [0, 0.05) is 16.3 Å². The van der Waals surface area contributed by atoms with Crippen LogP contribution in [0.4, 0.5) is 0 Å². The monoisotopic (exact) mass is 327 g/mol. The summed E-state index contributed by atoms with van der Waals surface area (Å²) in [5.41, 5.74) is 3.50. The molecular formula is C20H25NOS. The van der Waals surface area contributed by atoms with E-state index in [1.807, 2.05) is 6.07 Å². The fourth-order valence-corrected chi connectivity index (χ4v) is 4.57. The third kappa shape index (κ3) is 3.84. The lowest BCUT2D eigenvalue weighted by atomic mass is 9.88. The van der Waals surface area contributed by atoms with Gasteiger partial charge in [0.05, 0.1) is 5.56 Å². The van der Waals surface area contributed by atoms with Gasteiger partial charge in [0.15, 0.2) is 0 Å². The topological polar surface area (TPSA) is 29.1 Å². The first kappa shape index (κ1) is 16.3. The van der Waals surface area contributed by atoms with Crippen LogP contribution in [0.5, 0.6) is 0 Å². The second-order valence-corrected chi connectivity index (χ2v) is 7.63. The number of benzene rings is 1. The minimum absolute atomic E-state index is 0.111. The van der Waals surface area contributed by atoms with E-state index in [1.54, 1.807) is 11.3 Å². The van der Waals surface area contributed by atoms with Gasteiger partial charge in [0.1, 0.15) is 0 Å². The number of amides is 1. The number of nitrogens with one attached hydrogen (secondary N) is 1. The lowest BCUT2D eigenvalue weighted by molar-refractivity contribution is 0.0935. The van der Waals surface area contributed by atoms with Crippen molar-refractivity contribution in [1.82, 2.24) is 5.32 Å². The van der Waals surface area contributed by atoms with Gasteiger partial charge in [0.25, 0.3) is 5.91 Å². The molecule has 0 fully saturated rings. The summed E-state index contributed by atoms with van der Waals surface area (Å²) in [6, 6.07) is 10.6. The number of rotatable bonds is 5. The van der Waals surface area contributed by atoms with Gasteiger partial charge in [-0.05, 0) is 49.1 Å². The van der Waals surface area contributed by atoms with Gasteiger partial charge in [-0.3, -0.25) is 4.79 Å². The van der Waals surface area contributed by atoms with Crippen molar-refractivity contribution in [1.29, 1.82) is 0 Å². The Morgan fingerprint density at radius 3 is 2.87 bits per heavy atom. The largest absolute Gasteiger partial charge is 0.349 e. The maximum atomic E-state index is 12.7. The molecule has 0 unspecified atom stereocenters. The van der Waals surface area contributed by atoms with E-state index in [4.69, 9.17) is 0 Å². The van der Waals surface area contributed by atoms with Crippen molar-refractivity contribution < 1.29 is 4.79 Å². The molecule has 1 aliphatic carbocycles. The fourth-order valence-electron chi connectivity index (χ4n) is 3.33. The Balaban J connectivity index is 1.68. The maximum absolute atomic E-state index is 12.7. The lowest BCUT2D eigenvalue weighted by Gasteiger charge is -2.20. The van der Waals surface area contributed by atoms with Crippen molar-refractivity contribution >= 4 is 17.2 Å². The highest BCUT2D eigenvalue weighted by Crippen LogP contribution is 2.32. The number of fused-ring (bicyclic) bond motifs is 1. The fraction of sp³-hybridized carbons (Fsp3) is 0.450. The molecule has 3 rings (SSSR count). The van der Waals surface area contributed by atoms with E-state index in [-0.39, 0.29) is 11.9 Å². The van der Waals surface area contributed by atoms with Crippen molar-refractivity contribution in [2.24, 2.45) is 5.92 Å². The zero-order valence-electron chi connectivity index (χ0n) is 14.0. The van der Waals surface area contributed by atoms with Crippen LogP contribution in [0.3, 0.4) is 0 Å². The van der Waals surface area contributed by atoms with E-state index in [0.717, 1.165) is 37.2 Å². The first-order chi connectivity index (χ1) is 11.2. The molecule has 0 bridgehead atoms. The molecule has 1 amide bonds. The van der Waals surface area contributed by atoms with Crippen molar-refractivity contribution in [3.8, 4) is 0 Å². The van der Waals surface area contributed by atoms with E-state index in [2.05, 4.69) is 48.8 Å². The molecule has 1 heterocycles. The number of carbonyl (C=O) groups excluding carboxylic acids is 1. The highest BCUT2D eigenvalue weighted by molar-refractivity contribution is 7.10.